The lowest BCUT2D eigenvalue weighted by Gasteiger charge is -2.18. The topological polar surface area (TPSA) is 86.9 Å². The van der Waals surface area contributed by atoms with Gasteiger partial charge in [0.25, 0.3) is 0 Å². The van der Waals surface area contributed by atoms with Crippen molar-refractivity contribution >= 4 is 44.6 Å². The molecule has 0 aliphatic heterocycles. The van der Waals surface area contributed by atoms with E-state index < -0.39 is 11.6 Å². The van der Waals surface area contributed by atoms with Crippen LogP contribution in [0.5, 0.6) is 0 Å². The van der Waals surface area contributed by atoms with Crippen molar-refractivity contribution in [3.05, 3.63) is 82.0 Å². The Morgan fingerprint density at radius 3 is 2.41 bits per heavy atom. The average Bonchev–Trinajstić information content (AvgIpc) is 2.95. The first-order valence-corrected chi connectivity index (χ1v) is 13.5. The normalized spacial score (nSPS) is 12.3. The molecule has 2 heterocycles. The van der Waals surface area contributed by atoms with Gasteiger partial charge in [0.05, 0.1) is 17.0 Å². The van der Waals surface area contributed by atoms with Crippen LogP contribution in [0, 0.1) is 0 Å². The summed E-state index contributed by atoms with van der Waals surface area (Å²) in [7, 11) is 1.99. The molecule has 2 aromatic heterocycles. The van der Waals surface area contributed by atoms with Gasteiger partial charge >= 0.3 is 11.6 Å². The fourth-order valence-electron chi connectivity index (χ4n) is 5.13. The molecule has 200 valence electrons. The van der Waals surface area contributed by atoms with Crippen LogP contribution in [0.25, 0.3) is 44.0 Å². The number of carbonyl (C=O) groups is 1. The Bertz CT molecular complexity index is 1850. The fourth-order valence-corrected chi connectivity index (χ4v) is 5.13. The van der Waals surface area contributed by atoms with Gasteiger partial charge in [0.2, 0.25) is 5.36 Å². The summed E-state index contributed by atoms with van der Waals surface area (Å²) in [4.78, 5) is 28.0. The van der Waals surface area contributed by atoms with Crippen LogP contribution < -0.4 is 20.5 Å². The Morgan fingerprint density at radius 2 is 1.69 bits per heavy atom. The van der Waals surface area contributed by atoms with E-state index in [9.17, 15) is 14.7 Å². The third-order valence-corrected chi connectivity index (χ3v) is 7.41. The van der Waals surface area contributed by atoms with Crippen molar-refractivity contribution in [1.29, 1.82) is 0 Å². The standard InChI is InChI=1S/C32H32N2O5/c1-5-8-17-34(7-3)21-14-16-25-27(19-21)39-32(37)29-28(22-11-9-10-12-23(22)31(35)36)24-15-13-20(33(4)6-2)18-26(24)38-30(25)29/h9-16,18-19H,5-8,17H2,1-4H3/p+1. The first-order valence-electron chi connectivity index (χ1n) is 13.5. The van der Waals surface area contributed by atoms with Crippen LogP contribution in [-0.4, -0.2) is 37.8 Å². The van der Waals surface area contributed by atoms with Crippen LogP contribution >= 0.6 is 0 Å². The lowest BCUT2D eigenvalue weighted by molar-refractivity contribution is 0.0697. The number of benzene rings is 3. The average molecular weight is 526 g/mol. The molecule has 0 spiro atoms. The summed E-state index contributed by atoms with van der Waals surface area (Å²) in [5.74, 6) is -1.07. The second-order valence-corrected chi connectivity index (χ2v) is 9.73. The Morgan fingerprint density at radius 1 is 0.949 bits per heavy atom. The van der Waals surface area contributed by atoms with E-state index in [1.165, 1.54) is 0 Å². The summed E-state index contributed by atoms with van der Waals surface area (Å²) in [6, 6.07) is 18.3. The summed E-state index contributed by atoms with van der Waals surface area (Å²) >= 11 is 0. The highest BCUT2D eigenvalue weighted by Gasteiger charge is 2.23. The van der Waals surface area contributed by atoms with Crippen LogP contribution in [-0.2, 0) is 0 Å². The van der Waals surface area contributed by atoms with Crippen LogP contribution in [0.1, 0.15) is 44.0 Å². The maximum atomic E-state index is 13.7. The molecule has 0 aliphatic carbocycles. The molecule has 3 aromatic carbocycles. The van der Waals surface area contributed by atoms with Gasteiger partial charge in [-0.25, -0.2) is 14.2 Å². The van der Waals surface area contributed by atoms with Crippen LogP contribution in [0.15, 0.2) is 74.3 Å². The molecule has 7 heteroatoms. The third kappa shape index (κ3) is 4.69. The molecule has 5 aromatic rings. The van der Waals surface area contributed by atoms with E-state index in [0.29, 0.717) is 38.6 Å². The highest BCUT2D eigenvalue weighted by atomic mass is 16.4. The van der Waals surface area contributed by atoms with Gasteiger partial charge in [0, 0.05) is 48.8 Å². The largest absolute Gasteiger partial charge is 0.478 e. The maximum absolute atomic E-state index is 13.7. The molecule has 0 atom stereocenters. The number of anilines is 1. The molecule has 0 fully saturated rings. The molecule has 0 bridgehead atoms. The number of carboxylic acid groups (broad SMARTS) is 1. The smallest absolute Gasteiger partial charge is 0.348 e. The van der Waals surface area contributed by atoms with Crippen molar-refractivity contribution in [3.8, 4) is 11.1 Å². The highest BCUT2D eigenvalue weighted by molar-refractivity contribution is 6.16. The van der Waals surface area contributed by atoms with Gasteiger partial charge in [-0.15, -0.1) is 0 Å². The minimum absolute atomic E-state index is 0.102. The number of aromatic carboxylic acids is 1. The van der Waals surface area contributed by atoms with Crippen LogP contribution in [0.3, 0.4) is 0 Å². The summed E-state index contributed by atoms with van der Waals surface area (Å²) in [5, 5.41) is 12.5. The Kier molecular flexibility index (Phi) is 7.24. The van der Waals surface area contributed by atoms with E-state index in [4.69, 9.17) is 8.83 Å². The molecule has 0 saturated heterocycles. The molecule has 7 nitrogen and oxygen atoms in total. The Balaban J connectivity index is 1.94. The monoisotopic (exact) mass is 525 g/mol. The predicted molar refractivity (Wildman–Crippen MR) is 157 cm³/mol. The lowest BCUT2D eigenvalue weighted by Crippen LogP contribution is -2.30. The number of nitrogens with zero attached hydrogens (tertiary/aromatic N) is 2. The number of rotatable bonds is 8. The number of fused-ring (bicyclic) bond motifs is 4. The third-order valence-electron chi connectivity index (χ3n) is 7.41. The second-order valence-electron chi connectivity index (χ2n) is 9.73. The van der Waals surface area contributed by atoms with E-state index in [0.717, 1.165) is 43.5 Å². The number of hydrogen-bond acceptors (Lipinski definition) is 5. The molecule has 5 rings (SSSR count). The van der Waals surface area contributed by atoms with Gasteiger partial charge < -0.3 is 18.8 Å². The zero-order valence-corrected chi connectivity index (χ0v) is 22.8. The van der Waals surface area contributed by atoms with Gasteiger partial charge in [0.15, 0.2) is 5.58 Å². The molecule has 0 unspecified atom stereocenters. The summed E-state index contributed by atoms with van der Waals surface area (Å²) in [6.45, 7) is 8.88. The lowest BCUT2D eigenvalue weighted by atomic mass is 9.93. The van der Waals surface area contributed by atoms with Crippen molar-refractivity contribution in [3.63, 3.8) is 0 Å². The molecule has 0 aliphatic rings. The summed E-state index contributed by atoms with van der Waals surface area (Å²) in [5.41, 5.74) is 2.79. The van der Waals surface area contributed by atoms with Gasteiger partial charge in [-0.3, -0.25) is 0 Å². The van der Waals surface area contributed by atoms with E-state index in [-0.39, 0.29) is 10.9 Å². The predicted octanol–water partition coefficient (Wildman–Crippen LogP) is 6.11. The summed E-state index contributed by atoms with van der Waals surface area (Å²) in [6.07, 6.45) is 2.15. The highest BCUT2D eigenvalue weighted by Crippen LogP contribution is 2.39. The number of unbranched alkanes of at least 4 members (excludes halogenated alkanes) is 1. The molecule has 0 saturated carbocycles. The first-order chi connectivity index (χ1) is 18.9. The van der Waals surface area contributed by atoms with E-state index >= 15 is 0 Å². The quantitative estimate of drug-likeness (QED) is 0.114. The van der Waals surface area contributed by atoms with Crippen molar-refractivity contribution in [2.24, 2.45) is 0 Å². The first kappa shape index (κ1) is 26.2. The van der Waals surface area contributed by atoms with Crippen molar-refractivity contribution in [2.75, 3.05) is 31.6 Å². The van der Waals surface area contributed by atoms with E-state index in [2.05, 4.69) is 30.2 Å². The zero-order chi connectivity index (χ0) is 27.7. The van der Waals surface area contributed by atoms with Crippen LogP contribution in [0.2, 0.25) is 0 Å². The minimum atomic E-state index is -1.07. The van der Waals surface area contributed by atoms with Gasteiger partial charge in [-0.2, -0.15) is 0 Å². The molecule has 0 radical (unpaired) electrons. The number of carboxylic acids is 1. The molecular weight excluding hydrogens is 492 g/mol. The van der Waals surface area contributed by atoms with Crippen molar-refractivity contribution in [2.45, 2.75) is 33.6 Å². The van der Waals surface area contributed by atoms with Crippen molar-refractivity contribution in [1.82, 2.24) is 4.58 Å². The molecule has 0 amide bonds. The molecule has 39 heavy (non-hydrogen) atoms. The van der Waals surface area contributed by atoms with Crippen molar-refractivity contribution < 1.29 is 18.7 Å². The Labute approximate surface area is 226 Å². The molecular formula is C32H33N2O5+. The van der Waals surface area contributed by atoms with Gasteiger partial charge in [-0.1, -0.05) is 31.5 Å². The van der Waals surface area contributed by atoms with Crippen LogP contribution in [0.4, 0.5) is 5.69 Å². The Hall–Kier alpha value is -4.39. The zero-order valence-electron chi connectivity index (χ0n) is 22.8. The van der Waals surface area contributed by atoms with Gasteiger partial charge in [-0.05, 0) is 43.7 Å². The number of hydrogen-bond donors (Lipinski definition) is 1. The summed E-state index contributed by atoms with van der Waals surface area (Å²) < 4.78 is 14.6. The fraction of sp³-hybridized carbons (Fsp3) is 0.281. The SMILES string of the molecule is CCCC[N+](CC)=c1ccc2c(c1)oc(=O)c1c(-c3ccccc3C(=O)O)c3ccc(N(C)CC)cc3oc12. The maximum Gasteiger partial charge on any atom is 0.348 e. The van der Waals surface area contributed by atoms with E-state index in [1.807, 2.05) is 43.4 Å². The van der Waals surface area contributed by atoms with E-state index in [1.54, 1.807) is 24.3 Å². The minimum Gasteiger partial charge on any atom is -0.478 e. The van der Waals surface area contributed by atoms with Gasteiger partial charge in [0.1, 0.15) is 29.6 Å². The second kappa shape index (κ2) is 10.8. The molecule has 1 N–H and O–H groups in total.